The Morgan fingerprint density at radius 1 is 0.984 bits per heavy atom. The fourth-order valence-corrected chi connectivity index (χ4v) is 6.39. The third kappa shape index (κ3) is 16.5. The van der Waals surface area contributed by atoms with Crippen molar-refractivity contribution in [2.45, 2.75) is 111 Å². The van der Waals surface area contributed by atoms with Crippen molar-refractivity contribution in [3.63, 3.8) is 0 Å². The van der Waals surface area contributed by atoms with Gasteiger partial charge in [0.25, 0.3) is 5.91 Å². The first kappa shape index (κ1) is 50.4. The van der Waals surface area contributed by atoms with Crippen LogP contribution in [0.4, 0.5) is 10.5 Å². The van der Waals surface area contributed by atoms with Gasteiger partial charge < -0.3 is 38.8 Å². The molecule has 1 fully saturated rings. The molecule has 0 bridgehead atoms. The zero-order valence-electron chi connectivity index (χ0n) is 37.4. The lowest BCUT2D eigenvalue weighted by Crippen LogP contribution is -2.53. The van der Waals surface area contributed by atoms with Crippen LogP contribution >= 0.6 is 0 Å². The second-order valence-corrected chi connectivity index (χ2v) is 16.8. The predicted octanol–water partition coefficient (Wildman–Crippen LogP) is 7.00. The summed E-state index contributed by atoms with van der Waals surface area (Å²) < 4.78 is 27.3. The molecule has 1 N–H and O–H groups in total. The number of piperidine rings is 1. The van der Waals surface area contributed by atoms with Gasteiger partial charge in [0.05, 0.1) is 18.9 Å². The molecule has 3 rings (SSSR count). The maximum atomic E-state index is 14.1. The normalized spacial score (nSPS) is 14.6. The van der Waals surface area contributed by atoms with E-state index in [-0.39, 0.29) is 39.0 Å². The van der Waals surface area contributed by atoms with E-state index < -0.39 is 64.8 Å². The van der Waals surface area contributed by atoms with Crippen molar-refractivity contribution in [2.24, 2.45) is 5.41 Å². The lowest BCUT2D eigenvalue weighted by Gasteiger charge is -2.36. The van der Waals surface area contributed by atoms with Crippen LogP contribution in [0.2, 0.25) is 0 Å². The fourth-order valence-electron chi connectivity index (χ4n) is 6.39. The van der Waals surface area contributed by atoms with Gasteiger partial charge >= 0.3 is 24.0 Å². The van der Waals surface area contributed by atoms with Crippen molar-refractivity contribution in [3.05, 3.63) is 84.0 Å². The van der Waals surface area contributed by atoms with Crippen LogP contribution in [0.25, 0.3) is 0 Å². The predicted molar refractivity (Wildman–Crippen MR) is 232 cm³/mol. The van der Waals surface area contributed by atoms with Gasteiger partial charge in [-0.3, -0.25) is 19.2 Å². The van der Waals surface area contributed by atoms with E-state index in [1.54, 1.807) is 59.2 Å². The first-order chi connectivity index (χ1) is 29.2. The van der Waals surface area contributed by atoms with Gasteiger partial charge in [-0.05, 0) is 115 Å². The number of aryl methyl sites for hydroxylation is 2. The molecule has 2 aromatic rings. The van der Waals surface area contributed by atoms with Crippen LogP contribution in [0.3, 0.4) is 0 Å². The highest BCUT2D eigenvalue weighted by atomic mass is 16.6. The summed E-state index contributed by atoms with van der Waals surface area (Å²) in [5.74, 6) is -3.33. The zero-order valence-corrected chi connectivity index (χ0v) is 37.4. The number of benzene rings is 2. The van der Waals surface area contributed by atoms with Gasteiger partial charge in [0, 0.05) is 38.3 Å². The Balaban J connectivity index is 1.72. The van der Waals surface area contributed by atoms with Crippen LogP contribution in [0.15, 0.2) is 67.3 Å². The van der Waals surface area contributed by atoms with Crippen LogP contribution in [-0.2, 0) is 54.1 Å². The number of likely N-dealkylation sites (tertiary alicyclic amines) is 1. The van der Waals surface area contributed by atoms with E-state index in [1.807, 2.05) is 25.1 Å². The molecular weight excluding hydrogens is 799 g/mol. The van der Waals surface area contributed by atoms with Crippen molar-refractivity contribution >= 4 is 47.3 Å². The number of carbonyl (C=O) groups is 7. The quantitative estimate of drug-likeness (QED) is 0.0447. The molecule has 0 unspecified atom stereocenters. The standard InChI is InChI=1S/C47H63N3O12/c1-10-28-59-41(53)25-24-39(51)48-35-17-15-16-34(30-35)37(23-22-33-21-20-32(2)38(29-33)58-9)61-44(56)36-18-11-14-27-50(36)43(55)42(54)47(6,7)31-60-40(52)19-12-13-26-49(8)45(57)62-46(3,4)5/h10,12,15-17,19-21,29-30,36-37H,1,11,13-14,18,22-28,31H2,2-9H3,(H,48,51)/b19-12+/t36-,37+/m0/s1. The number of amides is 3. The van der Waals surface area contributed by atoms with Crippen molar-refractivity contribution < 1.29 is 57.2 Å². The van der Waals surface area contributed by atoms with E-state index in [9.17, 15) is 33.6 Å². The number of methoxy groups -OCH3 is 1. The Bertz CT molecular complexity index is 1950. The summed E-state index contributed by atoms with van der Waals surface area (Å²) in [5, 5.41) is 2.79. The van der Waals surface area contributed by atoms with Crippen LogP contribution in [0, 0.1) is 12.3 Å². The molecule has 1 heterocycles. The Morgan fingerprint density at radius 3 is 2.42 bits per heavy atom. The molecule has 0 spiro atoms. The number of nitrogens with zero attached hydrogens (tertiary/aromatic N) is 2. The second-order valence-electron chi connectivity index (χ2n) is 16.8. The number of ketones is 1. The fraction of sp³-hybridized carbons (Fsp3) is 0.511. The largest absolute Gasteiger partial charge is 0.496 e. The smallest absolute Gasteiger partial charge is 0.410 e. The van der Waals surface area contributed by atoms with Gasteiger partial charge in [0.2, 0.25) is 11.7 Å². The molecule has 0 aromatic heterocycles. The maximum Gasteiger partial charge on any atom is 0.410 e. The molecule has 0 aliphatic carbocycles. The molecule has 1 saturated heterocycles. The Morgan fingerprint density at radius 2 is 1.73 bits per heavy atom. The number of carbonyl (C=O) groups excluding carboxylic acids is 7. The summed E-state index contributed by atoms with van der Waals surface area (Å²) >= 11 is 0. The molecular formula is C47H63N3O12. The third-order valence-electron chi connectivity index (χ3n) is 9.90. The average Bonchev–Trinajstić information content (AvgIpc) is 3.23. The molecule has 2 aromatic carbocycles. The highest BCUT2D eigenvalue weighted by Crippen LogP contribution is 2.31. The number of ether oxygens (including phenoxy) is 5. The monoisotopic (exact) mass is 861 g/mol. The van der Waals surface area contributed by atoms with Crippen LogP contribution in [0.1, 0.15) is 102 Å². The van der Waals surface area contributed by atoms with E-state index in [4.69, 9.17) is 23.7 Å². The number of Topliss-reactive ketones (excluding diaryl/α,β-unsaturated/α-hetero) is 1. The summed E-state index contributed by atoms with van der Waals surface area (Å²) in [6.45, 7) is 13.8. The van der Waals surface area contributed by atoms with Gasteiger partial charge in [0.15, 0.2) is 0 Å². The summed E-state index contributed by atoms with van der Waals surface area (Å²) in [7, 11) is 3.18. The van der Waals surface area contributed by atoms with Crippen molar-refractivity contribution in [3.8, 4) is 5.75 Å². The van der Waals surface area contributed by atoms with E-state index in [0.29, 0.717) is 55.6 Å². The highest BCUT2D eigenvalue weighted by molar-refractivity contribution is 6.38. The summed E-state index contributed by atoms with van der Waals surface area (Å²) in [5.41, 5.74) is 0.846. The van der Waals surface area contributed by atoms with Gasteiger partial charge in [-0.1, -0.05) is 43.0 Å². The Kier molecular flexibility index (Phi) is 19.4. The van der Waals surface area contributed by atoms with Crippen molar-refractivity contribution in [1.82, 2.24) is 9.80 Å². The zero-order chi connectivity index (χ0) is 46.0. The van der Waals surface area contributed by atoms with E-state index in [2.05, 4.69) is 11.9 Å². The molecule has 1 aliphatic rings. The van der Waals surface area contributed by atoms with Gasteiger partial charge in [-0.15, -0.1) is 0 Å². The van der Waals surface area contributed by atoms with Crippen LogP contribution < -0.4 is 10.1 Å². The van der Waals surface area contributed by atoms with Crippen molar-refractivity contribution in [2.75, 3.05) is 45.8 Å². The van der Waals surface area contributed by atoms with Crippen LogP contribution in [0.5, 0.6) is 5.75 Å². The molecule has 15 heteroatoms. The van der Waals surface area contributed by atoms with E-state index in [0.717, 1.165) is 11.1 Å². The summed E-state index contributed by atoms with van der Waals surface area (Å²) in [4.78, 5) is 93.6. The molecule has 15 nitrogen and oxygen atoms in total. The molecule has 3 amide bonds. The molecule has 1 aliphatic heterocycles. The lowest BCUT2D eigenvalue weighted by molar-refractivity contribution is -0.165. The van der Waals surface area contributed by atoms with Gasteiger partial charge in [-0.25, -0.2) is 14.4 Å². The molecule has 0 saturated carbocycles. The van der Waals surface area contributed by atoms with Gasteiger partial charge in [0.1, 0.15) is 36.7 Å². The minimum absolute atomic E-state index is 0.0511. The van der Waals surface area contributed by atoms with E-state index >= 15 is 0 Å². The molecule has 0 radical (unpaired) electrons. The summed E-state index contributed by atoms with van der Waals surface area (Å²) in [6, 6.07) is 11.6. The number of rotatable bonds is 21. The first-order valence-electron chi connectivity index (χ1n) is 20.9. The number of anilines is 1. The number of esters is 3. The van der Waals surface area contributed by atoms with Crippen molar-refractivity contribution in [1.29, 1.82) is 0 Å². The Labute approximate surface area is 365 Å². The number of hydrogen-bond donors (Lipinski definition) is 1. The first-order valence-corrected chi connectivity index (χ1v) is 20.9. The average molecular weight is 862 g/mol. The van der Waals surface area contributed by atoms with Gasteiger partial charge in [-0.2, -0.15) is 0 Å². The maximum absolute atomic E-state index is 14.1. The van der Waals surface area contributed by atoms with E-state index in [1.165, 1.54) is 41.9 Å². The SMILES string of the molecule is C=CCOC(=O)CCC(=O)Nc1cccc([C@@H](CCc2ccc(C)c(OC)c2)OC(=O)[C@@H]2CCCCN2C(=O)C(=O)C(C)(C)COC(=O)/C=C/CCN(C)C(=O)OC(C)(C)C)c1. The minimum atomic E-state index is -1.42. The second kappa shape index (κ2) is 23.9. The van der Waals surface area contributed by atoms with Crippen LogP contribution in [-0.4, -0.2) is 104 Å². The Hall–Kier alpha value is -5.99. The molecule has 338 valence electrons. The summed E-state index contributed by atoms with van der Waals surface area (Å²) in [6.07, 6.45) is 5.26. The molecule has 2 atom stereocenters. The lowest BCUT2D eigenvalue weighted by atomic mass is 9.87. The highest BCUT2D eigenvalue weighted by Gasteiger charge is 2.42. The third-order valence-corrected chi connectivity index (χ3v) is 9.90. The minimum Gasteiger partial charge on any atom is -0.496 e. The molecule has 62 heavy (non-hydrogen) atoms. The number of nitrogens with one attached hydrogen (secondary N) is 1. The number of hydrogen-bond acceptors (Lipinski definition) is 12. The topological polar surface area (TPSA) is 184 Å².